The molecule has 0 bridgehead atoms. The Hall–Kier alpha value is -2.21. The van der Waals surface area contributed by atoms with Gasteiger partial charge in [0, 0.05) is 25.7 Å². The molecule has 1 aromatic rings. The predicted molar refractivity (Wildman–Crippen MR) is 95.6 cm³/mol. The van der Waals surface area contributed by atoms with Crippen LogP contribution in [0.15, 0.2) is 29.2 Å². The summed E-state index contributed by atoms with van der Waals surface area (Å²) in [4.78, 5) is 34.5. The molecule has 0 aliphatic heterocycles. The summed E-state index contributed by atoms with van der Waals surface area (Å²) in [6.45, 7) is -0.878. The molecule has 0 saturated carbocycles. The van der Waals surface area contributed by atoms with Crippen LogP contribution in [0.2, 0.25) is 5.02 Å². The fourth-order valence-electron chi connectivity index (χ4n) is 1.72. The smallest absolute Gasteiger partial charge is 0.321 e. The van der Waals surface area contributed by atoms with Gasteiger partial charge >= 0.3 is 12.0 Å². The molecule has 12 heteroatoms. The molecule has 0 atom stereocenters. The number of ether oxygens (including phenoxy) is 2. The number of rotatable bonds is 9. The maximum absolute atomic E-state index is 12.3. The number of sulfonamides is 1. The molecule has 3 amide bonds. The molecule has 2 N–H and O–H groups in total. The van der Waals surface area contributed by atoms with Crippen LogP contribution < -0.4 is 10.6 Å². The Balaban J connectivity index is 2.46. The number of carbonyl (C=O) groups excluding carboxylic acids is 3. The number of nitrogens with one attached hydrogen (secondary N) is 2. The highest BCUT2D eigenvalue weighted by molar-refractivity contribution is 7.89. The van der Waals surface area contributed by atoms with Crippen molar-refractivity contribution in [3.05, 3.63) is 29.3 Å². The van der Waals surface area contributed by atoms with Crippen molar-refractivity contribution in [2.45, 2.75) is 4.90 Å². The number of carbonyl (C=O) groups is 3. The normalized spacial score (nSPS) is 11.1. The summed E-state index contributed by atoms with van der Waals surface area (Å²) in [7, 11) is -1.28. The second-order valence-corrected chi connectivity index (χ2v) is 7.65. The van der Waals surface area contributed by atoms with Gasteiger partial charge in [-0.05, 0) is 24.3 Å². The quantitative estimate of drug-likeness (QED) is 0.423. The molecule has 10 nitrogen and oxygen atoms in total. The average Bonchev–Trinajstić information content (AvgIpc) is 2.60. The van der Waals surface area contributed by atoms with Gasteiger partial charge < -0.3 is 14.8 Å². The van der Waals surface area contributed by atoms with Crippen LogP contribution in [0.1, 0.15) is 0 Å². The molecule has 0 radical (unpaired) electrons. The lowest BCUT2D eigenvalue weighted by atomic mass is 10.4. The van der Waals surface area contributed by atoms with E-state index in [1.165, 1.54) is 38.4 Å². The largest absolute Gasteiger partial charge is 0.455 e. The molecule has 0 saturated heterocycles. The van der Waals surface area contributed by atoms with Crippen molar-refractivity contribution in [2.24, 2.45) is 0 Å². The molecule has 0 heterocycles. The SMILES string of the molecule is COCCNC(=O)NC(=O)COC(=O)CN(C)S(=O)(=O)c1ccc(Cl)cc1. The highest BCUT2D eigenvalue weighted by Crippen LogP contribution is 2.17. The third-order valence-electron chi connectivity index (χ3n) is 3.08. The number of likely N-dealkylation sites (N-methyl/N-ethyl adjacent to an activating group) is 1. The standard InChI is InChI=1S/C15H20ClN3O7S/c1-19(27(23,24)12-5-3-11(16)4-6-12)9-14(21)26-10-13(20)18-15(22)17-7-8-25-2/h3-6H,7-10H2,1-2H3,(H2,17,18,20,22). The molecular weight excluding hydrogens is 402 g/mol. The van der Waals surface area contributed by atoms with Crippen LogP contribution in [0.4, 0.5) is 4.79 Å². The zero-order chi connectivity index (χ0) is 20.4. The molecular formula is C15H20ClN3O7S. The number of benzene rings is 1. The third kappa shape index (κ3) is 7.91. The van der Waals surface area contributed by atoms with Crippen LogP contribution in [-0.4, -0.2) is 71.1 Å². The van der Waals surface area contributed by atoms with Crippen LogP contribution in [0.5, 0.6) is 0 Å². The molecule has 0 aliphatic rings. The number of hydrogen-bond acceptors (Lipinski definition) is 7. The number of nitrogens with zero attached hydrogens (tertiary/aromatic N) is 1. The first kappa shape index (κ1) is 22.8. The minimum atomic E-state index is -3.92. The zero-order valence-corrected chi connectivity index (χ0v) is 16.3. The van der Waals surface area contributed by atoms with Crippen LogP contribution in [0.3, 0.4) is 0 Å². The molecule has 1 aromatic carbocycles. The van der Waals surface area contributed by atoms with E-state index in [0.29, 0.717) is 5.02 Å². The topological polar surface area (TPSA) is 131 Å². The number of urea groups is 1. The lowest BCUT2D eigenvalue weighted by molar-refractivity contribution is -0.148. The average molecular weight is 422 g/mol. The molecule has 150 valence electrons. The van der Waals surface area contributed by atoms with Gasteiger partial charge in [-0.1, -0.05) is 11.6 Å². The molecule has 27 heavy (non-hydrogen) atoms. The molecule has 0 aromatic heterocycles. The molecule has 0 fully saturated rings. The highest BCUT2D eigenvalue weighted by atomic mass is 35.5. The van der Waals surface area contributed by atoms with Gasteiger partial charge in [0.05, 0.1) is 11.5 Å². The summed E-state index contributed by atoms with van der Waals surface area (Å²) in [6, 6.07) is 4.64. The summed E-state index contributed by atoms with van der Waals surface area (Å²) in [5.74, 6) is -1.81. The van der Waals surface area contributed by atoms with Gasteiger partial charge in [0.2, 0.25) is 10.0 Å². The second-order valence-electron chi connectivity index (χ2n) is 5.17. The van der Waals surface area contributed by atoms with E-state index in [-0.39, 0.29) is 18.0 Å². The van der Waals surface area contributed by atoms with E-state index in [2.05, 4.69) is 10.1 Å². The van der Waals surface area contributed by atoms with Gasteiger partial charge in [-0.15, -0.1) is 0 Å². The Morgan fingerprint density at radius 3 is 2.41 bits per heavy atom. The number of hydrogen-bond donors (Lipinski definition) is 2. The van der Waals surface area contributed by atoms with E-state index in [4.69, 9.17) is 16.3 Å². The van der Waals surface area contributed by atoms with Crippen LogP contribution >= 0.6 is 11.6 Å². The van der Waals surface area contributed by atoms with E-state index in [1.807, 2.05) is 5.32 Å². The first-order valence-corrected chi connectivity index (χ1v) is 9.42. The molecule has 0 aliphatic carbocycles. The van der Waals surface area contributed by atoms with Crippen molar-refractivity contribution in [3.63, 3.8) is 0 Å². The summed E-state index contributed by atoms with van der Waals surface area (Å²) in [5, 5.41) is 4.65. The Labute approximate surface area is 161 Å². The Bertz CT molecular complexity index is 768. The van der Waals surface area contributed by atoms with Crippen molar-refractivity contribution < 1.29 is 32.3 Å². The van der Waals surface area contributed by atoms with Gasteiger partial charge in [-0.3, -0.25) is 14.9 Å². The van der Waals surface area contributed by atoms with Gasteiger partial charge in [-0.2, -0.15) is 4.31 Å². The van der Waals surface area contributed by atoms with Gasteiger partial charge in [0.1, 0.15) is 6.54 Å². The predicted octanol–water partition coefficient (Wildman–Crippen LogP) is -0.0241. The molecule has 0 spiro atoms. The number of imide groups is 1. The third-order valence-corrected chi connectivity index (χ3v) is 5.15. The minimum Gasteiger partial charge on any atom is -0.455 e. The number of esters is 1. The van der Waals surface area contributed by atoms with Gasteiger partial charge in [-0.25, -0.2) is 13.2 Å². The lowest BCUT2D eigenvalue weighted by Crippen LogP contribution is -2.43. The zero-order valence-electron chi connectivity index (χ0n) is 14.7. The monoisotopic (exact) mass is 421 g/mol. The fraction of sp³-hybridized carbons (Fsp3) is 0.400. The highest BCUT2D eigenvalue weighted by Gasteiger charge is 2.24. The van der Waals surface area contributed by atoms with Crippen LogP contribution in [0.25, 0.3) is 0 Å². The first-order valence-electron chi connectivity index (χ1n) is 7.61. The molecule has 0 unspecified atom stereocenters. The number of amides is 3. The van der Waals surface area contributed by atoms with Crippen molar-refractivity contribution in [1.29, 1.82) is 0 Å². The summed E-state index contributed by atoms with van der Waals surface area (Å²) >= 11 is 5.71. The van der Waals surface area contributed by atoms with Crippen molar-refractivity contribution >= 4 is 39.5 Å². The van der Waals surface area contributed by atoms with E-state index in [1.54, 1.807) is 0 Å². The lowest BCUT2D eigenvalue weighted by Gasteiger charge is -2.16. The van der Waals surface area contributed by atoms with Crippen LogP contribution in [-0.2, 0) is 29.1 Å². The van der Waals surface area contributed by atoms with Gasteiger partial charge in [0.15, 0.2) is 6.61 Å². The van der Waals surface area contributed by atoms with Crippen LogP contribution in [0, 0.1) is 0 Å². The minimum absolute atomic E-state index is 0.0485. The Morgan fingerprint density at radius 1 is 1.19 bits per heavy atom. The van der Waals surface area contributed by atoms with Gasteiger partial charge in [0.25, 0.3) is 5.91 Å². The van der Waals surface area contributed by atoms with Crippen molar-refractivity contribution in [1.82, 2.24) is 14.9 Å². The Kier molecular flexibility index (Phi) is 9.15. The molecule has 1 rings (SSSR count). The van der Waals surface area contributed by atoms with Crippen molar-refractivity contribution in [2.75, 3.05) is 40.5 Å². The second kappa shape index (κ2) is 10.8. The van der Waals surface area contributed by atoms with E-state index in [9.17, 15) is 22.8 Å². The summed E-state index contributed by atoms with van der Waals surface area (Å²) in [6.07, 6.45) is 0. The van der Waals surface area contributed by atoms with E-state index < -0.39 is 41.1 Å². The summed E-state index contributed by atoms with van der Waals surface area (Å²) < 4.78 is 34.8. The van der Waals surface area contributed by atoms with E-state index in [0.717, 1.165) is 4.31 Å². The maximum Gasteiger partial charge on any atom is 0.321 e. The first-order chi connectivity index (χ1) is 12.7. The fourth-order valence-corrected chi connectivity index (χ4v) is 2.96. The van der Waals surface area contributed by atoms with E-state index >= 15 is 0 Å². The Morgan fingerprint density at radius 2 is 1.81 bits per heavy atom. The van der Waals surface area contributed by atoms with Crippen molar-refractivity contribution in [3.8, 4) is 0 Å². The summed E-state index contributed by atoms with van der Waals surface area (Å²) in [5.41, 5.74) is 0. The number of methoxy groups -OCH3 is 1. The number of halogens is 1. The maximum atomic E-state index is 12.3.